The maximum absolute atomic E-state index is 14.5. The molecule has 12 heteroatoms. The minimum atomic E-state index is -4.95. The van der Waals surface area contributed by atoms with Crippen molar-refractivity contribution in [3.63, 3.8) is 0 Å². The summed E-state index contributed by atoms with van der Waals surface area (Å²) in [5.41, 5.74) is 7.08. The van der Waals surface area contributed by atoms with Crippen LogP contribution in [0.4, 0.5) is 11.4 Å². The summed E-state index contributed by atoms with van der Waals surface area (Å²) in [6.45, 7) is 0.0542. The van der Waals surface area contributed by atoms with E-state index in [1.54, 1.807) is 36.4 Å². The van der Waals surface area contributed by atoms with Gasteiger partial charge in [-0.1, -0.05) is 52.2 Å². The van der Waals surface area contributed by atoms with Gasteiger partial charge in [-0.25, -0.2) is 16.8 Å². The van der Waals surface area contributed by atoms with Gasteiger partial charge in [0, 0.05) is 61.1 Å². The number of sulfonamides is 2. The van der Waals surface area contributed by atoms with Crippen LogP contribution in [-0.4, -0.2) is 72.4 Å². The number of carboxylic acids is 1. The monoisotopic (exact) mass is 598 g/mol. The summed E-state index contributed by atoms with van der Waals surface area (Å²) in [5.74, 6) is -1.59. The van der Waals surface area contributed by atoms with Crippen LogP contribution in [0, 0.1) is 0 Å². The van der Waals surface area contributed by atoms with Gasteiger partial charge in [0.05, 0.1) is 9.79 Å². The maximum atomic E-state index is 14.5. The molecule has 0 aliphatic heterocycles. The molecule has 0 spiro atoms. The first kappa shape index (κ1) is 30.3. The van der Waals surface area contributed by atoms with Crippen molar-refractivity contribution >= 4 is 58.9 Å². The van der Waals surface area contributed by atoms with E-state index in [0.717, 1.165) is 11.4 Å². The SMILES string of the molecule is CN(C)c1cccc2c(S(=O)(=O)N([C@@H](CCCN)C(=O)O)S(=O)(=O)c3cccc4c(N(C)C)cccc34)cccc12. The van der Waals surface area contributed by atoms with Crippen LogP contribution >= 0.6 is 0 Å². The Morgan fingerprint density at radius 1 is 0.707 bits per heavy atom. The molecule has 0 aliphatic rings. The van der Waals surface area contributed by atoms with E-state index in [0.29, 0.717) is 10.8 Å². The van der Waals surface area contributed by atoms with Gasteiger partial charge in [-0.3, -0.25) is 4.79 Å². The van der Waals surface area contributed by atoms with Crippen LogP contribution in [0.1, 0.15) is 12.8 Å². The molecule has 0 unspecified atom stereocenters. The molecule has 0 amide bonds. The summed E-state index contributed by atoms with van der Waals surface area (Å²) >= 11 is 0. The summed E-state index contributed by atoms with van der Waals surface area (Å²) in [6, 6.07) is 17.3. The molecule has 218 valence electrons. The average molecular weight is 599 g/mol. The fourth-order valence-corrected chi connectivity index (χ4v) is 9.42. The van der Waals surface area contributed by atoms with Gasteiger partial charge < -0.3 is 20.6 Å². The van der Waals surface area contributed by atoms with Crippen molar-refractivity contribution in [1.82, 2.24) is 3.71 Å². The quantitative estimate of drug-likeness (QED) is 0.264. The van der Waals surface area contributed by atoms with Gasteiger partial charge in [0.2, 0.25) is 0 Å². The van der Waals surface area contributed by atoms with E-state index < -0.39 is 32.1 Å². The first-order valence-corrected chi connectivity index (χ1v) is 15.8. The average Bonchev–Trinajstić information content (AvgIpc) is 2.93. The fraction of sp³-hybridized carbons (Fsp3) is 0.276. The first-order chi connectivity index (χ1) is 19.3. The number of fused-ring (bicyclic) bond motifs is 2. The molecule has 4 rings (SSSR count). The Labute approximate surface area is 240 Å². The van der Waals surface area contributed by atoms with E-state index in [1.807, 2.05) is 50.1 Å². The molecule has 10 nitrogen and oxygen atoms in total. The van der Waals surface area contributed by atoms with Crippen LogP contribution < -0.4 is 15.5 Å². The zero-order chi connectivity index (χ0) is 30.1. The first-order valence-electron chi connectivity index (χ1n) is 12.9. The van der Waals surface area contributed by atoms with Crippen molar-refractivity contribution in [3.05, 3.63) is 72.8 Å². The number of hydrogen-bond acceptors (Lipinski definition) is 8. The molecule has 0 saturated heterocycles. The summed E-state index contributed by atoms with van der Waals surface area (Å²) in [6.07, 6.45) is -0.204. The second-order valence-electron chi connectivity index (χ2n) is 10.1. The Morgan fingerprint density at radius 3 is 1.46 bits per heavy atom. The van der Waals surface area contributed by atoms with Crippen molar-refractivity contribution in [2.45, 2.75) is 28.7 Å². The van der Waals surface area contributed by atoms with E-state index in [1.165, 1.54) is 24.3 Å². The van der Waals surface area contributed by atoms with Crippen molar-refractivity contribution in [1.29, 1.82) is 0 Å². The van der Waals surface area contributed by atoms with Crippen LogP contribution in [0.2, 0.25) is 0 Å². The van der Waals surface area contributed by atoms with Crippen LogP contribution in [-0.2, 0) is 24.8 Å². The Bertz CT molecular complexity index is 1700. The summed E-state index contributed by atoms with van der Waals surface area (Å²) in [7, 11) is -2.67. The van der Waals surface area contributed by atoms with E-state index in [2.05, 4.69) is 0 Å². The van der Waals surface area contributed by atoms with Gasteiger partial charge in [-0.2, -0.15) is 0 Å². The zero-order valence-corrected chi connectivity index (χ0v) is 25.0. The highest BCUT2D eigenvalue weighted by Gasteiger charge is 2.46. The molecule has 0 radical (unpaired) electrons. The van der Waals surface area contributed by atoms with Crippen LogP contribution in [0.3, 0.4) is 0 Å². The molecule has 0 heterocycles. The van der Waals surface area contributed by atoms with E-state index in [9.17, 15) is 26.7 Å². The highest BCUT2D eigenvalue weighted by molar-refractivity contribution is 8.04. The number of rotatable bonds is 11. The van der Waals surface area contributed by atoms with Gasteiger partial charge in [-0.15, -0.1) is 0 Å². The molecule has 41 heavy (non-hydrogen) atoms. The Kier molecular flexibility index (Phi) is 8.59. The zero-order valence-electron chi connectivity index (χ0n) is 23.4. The lowest BCUT2D eigenvalue weighted by Crippen LogP contribution is -2.48. The molecular weight excluding hydrogens is 564 g/mol. The Hall–Kier alpha value is -3.71. The summed E-state index contributed by atoms with van der Waals surface area (Å²) in [5, 5.41) is 11.9. The fourth-order valence-electron chi connectivity index (χ4n) is 5.05. The molecule has 4 aromatic carbocycles. The van der Waals surface area contributed by atoms with Crippen molar-refractivity contribution < 1.29 is 26.7 Å². The number of carbonyl (C=O) groups is 1. The normalized spacial score (nSPS) is 13.0. The van der Waals surface area contributed by atoms with E-state index in [4.69, 9.17) is 5.73 Å². The molecular formula is C29H34N4O6S2. The number of nitrogens with zero attached hydrogens (tertiary/aromatic N) is 3. The van der Waals surface area contributed by atoms with Gasteiger partial charge in [0.15, 0.2) is 0 Å². The van der Waals surface area contributed by atoms with Crippen molar-refractivity contribution in [2.75, 3.05) is 44.5 Å². The predicted molar refractivity (Wildman–Crippen MR) is 162 cm³/mol. The lowest BCUT2D eigenvalue weighted by atomic mass is 10.1. The van der Waals surface area contributed by atoms with Gasteiger partial charge in [0.25, 0.3) is 20.0 Å². The molecule has 0 aliphatic carbocycles. The van der Waals surface area contributed by atoms with Crippen molar-refractivity contribution in [2.24, 2.45) is 5.73 Å². The third-order valence-corrected chi connectivity index (χ3v) is 11.4. The molecule has 0 aromatic heterocycles. The second kappa shape index (κ2) is 11.6. The number of nitrogens with two attached hydrogens (primary N) is 1. The van der Waals surface area contributed by atoms with Gasteiger partial charge in [0.1, 0.15) is 6.04 Å². The molecule has 0 saturated carbocycles. The highest BCUT2D eigenvalue weighted by Crippen LogP contribution is 2.38. The Balaban J connectivity index is 2.06. The number of hydrogen-bond donors (Lipinski definition) is 2. The molecule has 4 aromatic rings. The Morgan fingerprint density at radius 2 is 1.10 bits per heavy atom. The van der Waals surface area contributed by atoms with Gasteiger partial charge >= 0.3 is 5.97 Å². The van der Waals surface area contributed by atoms with Crippen molar-refractivity contribution in [3.8, 4) is 0 Å². The minimum absolute atomic E-state index is 0.0542. The number of anilines is 2. The third kappa shape index (κ3) is 5.47. The second-order valence-corrected chi connectivity index (χ2v) is 13.9. The molecule has 0 fully saturated rings. The van der Waals surface area contributed by atoms with Crippen LogP contribution in [0.5, 0.6) is 0 Å². The smallest absolute Gasteiger partial charge is 0.323 e. The van der Waals surface area contributed by atoms with Crippen LogP contribution in [0.25, 0.3) is 21.5 Å². The van der Waals surface area contributed by atoms with E-state index in [-0.39, 0.29) is 43.7 Å². The van der Waals surface area contributed by atoms with Crippen LogP contribution in [0.15, 0.2) is 82.6 Å². The predicted octanol–water partition coefficient (Wildman–Crippen LogP) is 3.70. The van der Waals surface area contributed by atoms with E-state index >= 15 is 0 Å². The maximum Gasteiger partial charge on any atom is 0.323 e. The standard InChI is InChI=1S/C29H34N4O6S2/c1-31(2)24-14-5-12-22-20(24)10-7-17-27(22)40(36,37)33(26(29(34)35)16-9-19-30)41(38,39)28-18-8-11-21-23(28)13-6-15-25(21)32(3)4/h5-8,10-15,17-18,26H,9,16,19,30H2,1-4H3,(H,34,35)/t26-/m0/s1. The number of benzene rings is 4. The molecule has 3 N–H and O–H groups in total. The summed E-state index contributed by atoms with van der Waals surface area (Å²) in [4.78, 5) is 15.6. The highest BCUT2D eigenvalue weighted by atomic mass is 32.3. The lowest BCUT2D eigenvalue weighted by Gasteiger charge is -2.29. The molecule has 1 atom stereocenters. The third-order valence-electron chi connectivity index (χ3n) is 6.93. The minimum Gasteiger partial charge on any atom is -0.480 e. The molecule has 0 bridgehead atoms. The van der Waals surface area contributed by atoms with Gasteiger partial charge in [-0.05, 0) is 43.7 Å². The number of aliphatic carboxylic acids is 1. The summed E-state index contributed by atoms with van der Waals surface area (Å²) < 4.78 is 58.2. The lowest BCUT2D eigenvalue weighted by molar-refractivity contribution is -0.140. The topological polar surface area (TPSA) is 141 Å². The number of carboxylic acid groups (broad SMARTS) is 1. The largest absolute Gasteiger partial charge is 0.480 e.